The summed E-state index contributed by atoms with van der Waals surface area (Å²) in [4.78, 5) is 7.28. The summed E-state index contributed by atoms with van der Waals surface area (Å²) in [7, 11) is 0. The number of rotatable bonds is 2. The van der Waals surface area contributed by atoms with Gasteiger partial charge in [-0.1, -0.05) is 49.4 Å². The predicted molar refractivity (Wildman–Crippen MR) is 77.3 cm³/mol. The van der Waals surface area contributed by atoms with Gasteiger partial charge in [-0.25, -0.2) is 4.98 Å². The molecule has 1 N–H and O–H groups in total. The number of hydrogen-bond donors (Lipinski definition) is 1. The molecule has 0 saturated carbocycles. The molecular formula is C15H15ClN2. The van der Waals surface area contributed by atoms with Gasteiger partial charge >= 0.3 is 0 Å². The molecule has 0 amide bonds. The van der Waals surface area contributed by atoms with Gasteiger partial charge in [0, 0.05) is 17.8 Å². The summed E-state index contributed by atoms with van der Waals surface area (Å²) in [6.45, 7) is 2.20. The lowest BCUT2D eigenvalue weighted by Crippen LogP contribution is -1.97. The second-order valence-corrected chi connectivity index (χ2v) is 4.30. The van der Waals surface area contributed by atoms with Crippen molar-refractivity contribution >= 4 is 23.2 Å². The fraction of sp³-hybridized carbons (Fsp3) is 0.133. The Morgan fingerprint density at radius 3 is 2.61 bits per heavy atom. The lowest BCUT2D eigenvalue weighted by Gasteiger charge is -2.12. The van der Waals surface area contributed by atoms with Crippen LogP contribution in [0.5, 0.6) is 0 Å². The van der Waals surface area contributed by atoms with Crippen LogP contribution in [-0.4, -0.2) is 9.97 Å². The molecule has 0 aliphatic carbocycles. The van der Waals surface area contributed by atoms with Crippen LogP contribution >= 0.6 is 12.4 Å². The Morgan fingerprint density at radius 1 is 1.06 bits per heavy atom. The minimum atomic E-state index is 0. The largest absolute Gasteiger partial charge is 0.348 e. The number of nitrogens with zero attached hydrogens (tertiary/aromatic N) is 1. The molecule has 0 saturated heterocycles. The molecule has 18 heavy (non-hydrogen) atoms. The maximum Gasteiger partial charge on any atom is 0.0921 e. The smallest absolute Gasteiger partial charge is 0.0921 e. The predicted octanol–water partition coefficient (Wildman–Crippen LogP) is 4.14. The summed E-state index contributed by atoms with van der Waals surface area (Å²) in [5, 5.41) is 2.61. The maximum atomic E-state index is 4.09. The molecule has 3 rings (SSSR count). The maximum absolute atomic E-state index is 4.09. The summed E-state index contributed by atoms with van der Waals surface area (Å²) in [6, 6.07) is 14.9. The normalized spacial score (nSPS) is 12.1. The van der Waals surface area contributed by atoms with Crippen molar-refractivity contribution in [3.8, 4) is 0 Å². The topological polar surface area (TPSA) is 28.7 Å². The van der Waals surface area contributed by atoms with Crippen molar-refractivity contribution in [2.75, 3.05) is 0 Å². The molecule has 1 atom stereocenters. The molecule has 0 aliphatic rings. The van der Waals surface area contributed by atoms with Crippen molar-refractivity contribution in [3.63, 3.8) is 0 Å². The van der Waals surface area contributed by atoms with E-state index < -0.39 is 0 Å². The average molecular weight is 259 g/mol. The number of H-pyrrole nitrogens is 1. The van der Waals surface area contributed by atoms with Crippen LogP contribution in [0.25, 0.3) is 10.8 Å². The second kappa shape index (κ2) is 5.23. The fourth-order valence-corrected chi connectivity index (χ4v) is 2.30. The summed E-state index contributed by atoms with van der Waals surface area (Å²) in [6.07, 6.45) is 3.63. The third-order valence-electron chi connectivity index (χ3n) is 3.28. The zero-order chi connectivity index (χ0) is 11.7. The number of hydrogen-bond acceptors (Lipinski definition) is 1. The van der Waals surface area contributed by atoms with Gasteiger partial charge in [0.25, 0.3) is 0 Å². The Labute approximate surface area is 112 Å². The van der Waals surface area contributed by atoms with Crippen molar-refractivity contribution in [1.29, 1.82) is 0 Å². The van der Waals surface area contributed by atoms with Crippen molar-refractivity contribution < 1.29 is 0 Å². The Morgan fingerprint density at radius 2 is 1.83 bits per heavy atom. The van der Waals surface area contributed by atoms with E-state index >= 15 is 0 Å². The number of aromatic amines is 1. The van der Waals surface area contributed by atoms with E-state index in [4.69, 9.17) is 0 Å². The number of halogens is 1. The molecule has 3 heteroatoms. The van der Waals surface area contributed by atoms with E-state index in [9.17, 15) is 0 Å². The summed E-state index contributed by atoms with van der Waals surface area (Å²) < 4.78 is 0. The van der Waals surface area contributed by atoms with Crippen LogP contribution in [0, 0.1) is 0 Å². The van der Waals surface area contributed by atoms with Crippen molar-refractivity contribution in [3.05, 3.63) is 66.2 Å². The Balaban J connectivity index is 0.00000120. The first-order valence-corrected chi connectivity index (χ1v) is 5.82. The van der Waals surface area contributed by atoms with Gasteiger partial charge in [0.05, 0.1) is 6.33 Å². The lowest BCUT2D eigenvalue weighted by atomic mass is 9.93. The minimum absolute atomic E-state index is 0. The quantitative estimate of drug-likeness (QED) is 0.735. The van der Waals surface area contributed by atoms with Crippen LogP contribution < -0.4 is 0 Å². The van der Waals surface area contributed by atoms with E-state index in [2.05, 4.69) is 59.4 Å². The van der Waals surface area contributed by atoms with E-state index in [-0.39, 0.29) is 12.4 Å². The van der Waals surface area contributed by atoms with Crippen LogP contribution in [-0.2, 0) is 0 Å². The first kappa shape index (κ1) is 12.7. The third-order valence-corrected chi connectivity index (χ3v) is 3.28. The van der Waals surface area contributed by atoms with E-state index in [0.717, 1.165) is 5.69 Å². The average Bonchev–Trinajstić information content (AvgIpc) is 2.91. The van der Waals surface area contributed by atoms with Gasteiger partial charge in [0.2, 0.25) is 0 Å². The van der Waals surface area contributed by atoms with Gasteiger partial charge in [0.1, 0.15) is 0 Å². The molecule has 1 aromatic heterocycles. The van der Waals surface area contributed by atoms with Crippen LogP contribution in [0.4, 0.5) is 0 Å². The highest BCUT2D eigenvalue weighted by atomic mass is 35.5. The number of benzene rings is 2. The molecule has 0 spiro atoms. The number of aromatic nitrogens is 2. The molecule has 1 heterocycles. The zero-order valence-corrected chi connectivity index (χ0v) is 10.9. The second-order valence-electron chi connectivity index (χ2n) is 4.30. The standard InChI is InChI=1S/C15H14N2.ClH/c1-11(15-9-16-10-17-15)13-8-4-6-12-5-2-3-7-14(12)13;/h2-11H,1H3,(H,16,17);1H. The van der Waals surface area contributed by atoms with E-state index in [1.165, 1.54) is 16.3 Å². The van der Waals surface area contributed by atoms with Gasteiger partial charge in [-0.3, -0.25) is 0 Å². The van der Waals surface area contributed by atoms with Gasteiger partial charge in [-0.2, -0.15) is 0 Å². The molecule has 0 fully saturated rings. The number of imidazole rings is 1. The van der Waals surface area contributed by atoms with Crippen molar-refractivity contribution in [2.24, 2.45) is 0 Å². The molecule has 0 bridgehead atoms. The van der Waals surface area contributed by atoms with Crippen LogP contribution in [0.1, 0.15) is 24.1 Å². The van der Waals surface area contributed by atoms with Gasteiger partial charge < -0.3 is 4.98 Å². The van der Waals surface area contributed by atoms with Crippen molar-refractivity contribution in [2.45, 2.75) is 12.8 Å². The summed E-state index contributed by atoms with van der Waals surface area (Å²) >= 11 is 0. The van der Waals surface area contributed by atoms with E-state index in [0.29, 0.717) is 5.92 Å². The van der Waals surface area contributed by atoms with E-state index in [1.807, 2.05) is 6.20 Å². The fourth-order valence-electron chi connectivity index (χ4n) is 2.30. The van der Waals surface area contributed by atoms with Gasteiger partial charge in [-0.05, 0) is 16.3 Å². The molecule has 92 valence electrons. The molecule has 0 radical (unpaired) electrons. The summed E-state index contributed by atoms with van der Waals surface area (Å²) in [5.74, 6) is 0.337. The minimum Gasteiger partial charge on any atom is -0.348 e. The van der Waals surface area contributed by atoms with E-state index in [1.54, 1.807) is 6.33 Å². The Bertz CT molecular complexity index is 627. The number of nitrogens with one attached hydrogen (secondary N) is 1. The molecule has 1 unspecified atom stereocenters. The number of fused-ring (bicyclic) bond motifs is 1. The Hall–Kier alpha value is -1.80. The zero-order valence-electron chi connectivity index (χ0n) is 10.1. The molecule has 3 aromatic rings. The molecular weight excluding hydrogens is 244 g/mol. The first-order valence-electron chi connectivity index (χ1n) is 5.82. The monoisotopic (exact) mass is 258 g/mol. The Kier molecular flexibility index (Phi) is 3.68. The lowest BCUT2D eigenvalue weighted by molar-refractivity contribution is 0.892. The van der Waals surface area contributed by atoms with Crippen molar-refractivity contribution in [1.82, 2.24) is 9.97 Å². The van der Waals surface area contributed by atoms with Gasteiger partial charge in [0.15, 0.2) is 0 Å². The SMILES string of the molecule is CC(c1cnc[nH]1)c1cccc2ccccc12.Cl. The molecule has 2 nitrogen and oxygen atoms in total. The first-order chi connectivity index (χ1) is 8.36. The third kappa shape index (κ3) is 2.12. The molecule has 2 aromatic carbocycles. The van der Waals surface area contributed by atoms with Crippen LogP contribution in [0.3, 0.4) is 0 Å². The highest BCUT2D eigenvalue weighted by Gasteiger charge is 2.12. The molecule has 0 aliphatic heterocycles. The van der Waals surface area contributed by atoms with Crippen LogP contribution in [0.2, 0.25) is 0 Å². The van der Waals surface area contributed by atoms with Gasteiger partial charge in [-0.15, -0.1) is 12.4 Å². The summed E-state index contributed by atoms with van der Waals surface area (Å²) in [5.41, 5.74) is 2.49. The highest BCUT2D eigenvalue weighted by molar-refractivity contribution is 5.86. The van der Waals surface area contributed by atoms with Crippen LogP contribution in [0.15, 0.2) is 55.0 Å². The highest BCUT2D eigenvalue weighted by Crippen LogP contribution is 2.28.